The van der Waals surface area contributed by atoms with E-state index in [0.29, 0.717) is 40.5 Å². The Kier molecular flexibility index (Phi) is 11.2. The zero-order valence-electron chi connectivity index (χ0n) is 35.0. The molecule has 0 saturated carbocycles. The molecule has 5 saturated heterocycles. The molecular formula is C46H54N10O5. The van der Waals surface area contributed by atoms with Gasteiger partial charge in [-0.2, -0.15) is 5.26 Å². The Balaban J connectivity index is 0.688. The Hall–Kier alpha value is -5.85. The van der Waals surface area contributed by atoms with Gasteiger partial charge in [0.25, 0.3) is 11.8 Å². The van der Waals surface area contributed by atoms with E-state index in [0.717, 1.165) is 119 Å². The first-order chi connectivity index (χ1) is 29.5. The third-order valence-electron chi connectivity index (χ3n) is 13.9. The lowest BCUT2D eigenvalue weighted by molar-refractivity contribution is -0.136. The second-order valence-corrected chi connectivity index (χ2v) is 17.8. The van der Waals surface area contributed by atoms with Gasteiger partial charge in [0.1, 0.15) is 11.9 Å². The second-order valence-electron chi connectivity index (χ2n) is 17.8. The first-order valence-corrected chi connectivity index (χ1v) is 21.9. The number of hydrogen-bond acceptors (Lipinski definition) is 12. The smallest absolute Gasteiger partial charge is 0.262 e. The van der Waals surface area contributed by atoms with Crippen molar-refractivity contribution in [1.29, 1.82) is 5.26 Å². The molecule has 15 heteroatoms. The molecule has 0 aliphatic carbocycles. The van der Waals surface area contributed by atoms with E-state index in [4.69, 9.17) is 0 Å². The van der Waals surface area contributed by atoms with Crippen molar-refractivity contribution in [2.75, 3.05) is 85.5 Å². The molecule has 0 radical (unpaired) electrons. The van der Waals surface area contributed by atoms with E-state index in [1.165, 1.54) is 0 Å². The normalized spacial score (nSPS) is 23.5. The van der Waals surface area contributed by atoms with Crippen molar-refractivity contribution < 1.29 is 24.0 Å². The highest BCUT2D eigenvalue weighted by molar-refractivity contribution is 6.23. The number of nitrogens with one attached hydrogen (secondary N) is 2. The summed E-state index contributed by atoms with van der Waals surface area (Å²) in [5.41, 5.74) is 5.39. The SMILES string of the molecule is Cc1cc(N2CCC(C(=O)Nc3ccc(N4CCC(CN5CCN(C6CN(c7ccc8c(c7)C(=O)N(C7CCC(=O)NC7=O)C8=O)C6)[C@H](C)C5)CC4)cn3)CC2)ccc1C#N. The molecular weight excluding hydrogens is 773 g/mol. The van der Waals surface area contributed by atoms with Gasteiger partial charge in [0.05, 0.1) is 34.6 Å². The summed E-state index contributed by atoms with van der Waals surface area (Å²) < 4.78 is 0. The number of carbonyl (C=O) groups excluding carboxylic acids is 5. The molecule has 5 fully saturated rings. The van der Waals surface area contributed by atoms with E-state index in [2.05, 4.69) is 65.2 Å². The number of anilines is 4. The number of piperidine rings is 3. The van der Waals surface area contributed by atoms with Crippen LogP contribution in [-0.4, -0.2) is 133 Å². The molecule has 3 aromatic rings. The number of fused-ring (bicyclic) bond motifs is 1. The van der Waals surface area contributed by atoms with Gasteiger partial charge in [-0.25, -0.2) is 4.98 Å². The van der Waals surface area contributed by atoms with Crippen LogP contribution in [0.4, 0.5) is 22.9 Å². The Morgan fingerprint density at radius 1 is 0.803 bits per heavy atom. The van der Waals surface area contributed by atoms with Gasteiger partial charge in [0.2, 0.25) is 17.7 Å². The summed E-state index contributed by atoms with van der Waals surface area (Å²) >= 11 is 0. The number of aryl methyl sites for hydroxylation is 1. The molecule has 7 heterocycles. The van der Waals surface area contributed by atoms with E-state index in [1.807, 2.05) is 37.4 Å². The molecule has 15 nitrogen and oxygen atoms in total. The zero-order valence-corrected chi connectivity index (χ0v) is 35.0. The fraction of sp³-hybridized carbons (Fsp3) is 0.500. The zero-order chi connectivity index (χ0) is 42.4. The van der Waals surface area contributed by atoms with Crippen LogP contribution in [-0.2, 0) is 14.4 Å². The third-order valence-corrected chi connectivity index (χ3v) is 13.9. The lowest BCUT2D eigenvalue weighted by Crippen LogP contribution is -2.66. The number of pyridine rings is 1. The summed E-state index contributed by atoms with van der Waals surface area (Å²) in [6.45, 7) is 13.8. The Morgan fingerprint density at radius 2 is 1.49 bits per heavy atom. The van der Waals surface area contributed by atoms with Gasteiger partial charge in [-0.15, -0.1) is 0 Å². The van der Waals surface area contributed by atoms with Gasteiger partial charge in [-0.05, 0) is 106 Å². The van der Waals surface area contributed by atoms with Crippen molar-refractivity contribution in [3.63, 3.8) is 0 Å². The highest BCUT2D eigenvalue weighted by Crippen LogP contribution is 2.34. The lowest BCUT2D eigenvalue weighted by Gasteiger charge is -2.52. The third kappa shape index (κ3) is 8.18. The number of nitrogens with zero attached hydrogens (tertiary/aromatic N) is 8. The summed E-state index contributed by atoms with van der Waals surface area (Å²) in [6, 6.07) is 17.4. The molecule has 2 aromatic carbocycles. The van der Waals surface area contributed by atoms with Crippen LogP contribution >= 0.6 is 0 Å². The Bertz CT molecular complexity index is 2250. The van der Waals surface area contributed by atoms with Crippen molar-refractivity contribution in [3.05, 3.63) is 77.0 Å². The minimum Gasteiger partial charge on any atom is -0.371 e. The number of aromatic nitrogens is 1. The number of nitriles is 1. The van der Waals surface area contributed by atoms with Crippen LogP contribution in [0.5, 0.6) is 0 Å². The van der Waals surface area contributed by atoms with Crippen LogP contribution in [0.15, 0.2) is 54.7 Å². The maximum Gasteiger partial charge on any atom is 0.262 e. The summed E-state index contributed by atoms with van der Waals surface area (Å²) in [5.74, 6) is -0.731. The minimum absolute atomic E-state index is 0.0256. The summed E-state index contributed by atoms with van der Waals surface area (Å²) in [7, 11) is 0. The van der Waals surface area contributed by atoms with Crippen LogP contribution in [0.1, 0.15) is 77.3 Å². The van der Waals surface area contributed by atoms with Gasteiger partial charge in [-0.1, -0.05) is 0 Å². The van der Waals surface area contributed by atoms with E-state index >= 15 is 0 Å². The molecule has 1 aromatic heterocycles. The lowest BCUT2D eigenvalue weighted by atomic mass is 9.94. The molecule has 2 atom stereocenters. The Morgan fingerprint density at radius 3 is 2.18 bits per heavy atom. The van der Waals surface area contributed by atoms with Crippen molar-refractivity contribution in [2.24, 2.45) is 11.8 Å². The predicted molar refractivity (Wildman–Crippen MR) is 230 cm³/mol. The van der Waals surface area contributed by atoms with Crippen LogP contribution in [0.2, 0.25) is 0 Å². The van der Waals surface area contributed by atoms with Gasteiger partial charge < -0.3 is 24.9 Å². The average molecular weight is 827 g/mol. The first-order valence-electron chi connectivity index (χ1n) is 21.9. The molecule has 2 N–H and O–H groups in total. The number of hydrogen-bond donors (Lipinski definition) is 2. The molecule has 318 valence electrons. The maximum absolute atomic E-state index is 13.3. The van der Waals surface area contributed by atoms with Crippen LogP contribution in [0, 0.1) is 30.1 Å². The number of amides is 5. The minimum atomic E-state index is -0.965. The van der Waals surface area contributed by atoms with Gasteiger partial charge in [-0.3, -0.25) is 39.1 Å². The standard InChI is InChI=1S/C46H54N10O5/c1-29-21-34(4-3-33(29)23-47)52-17-13-32(14-18-52)43(58)49-41-9-6-36(24-48-41)53-15-11-31(12-16-53)26-51-19-20-55(30(2)25-51)37-27-54(28-37)35-5-7-38-39(22-35)46(61)56(45(38)60)40-8-10-42(57)50-44(40)59/h3-7,9,21-22,24,30-32,37,40H,8,10-20,25-28H2,1-2H3,(H,48,49,58)(H,50,57,59)/t30-,40?/m1/s1. The van der Waals surface area contributed by atoms with Crippen molar-refractivity contribution >= 4 is 52.4 Å². The number of imide groups is 2. The van der Waals surface area contributed by atoms with Crippen LogP contribution in [0.3, 0.4) is 0 Å². The molecule has 9 rings (SSSR count). The molecule has 0 spiro atoms. The average Bonchev–Trinajstić information content (AvgIpc) is 3.49. The highest BCUT2D eigenvalue weighted by Gasteiger charge is 2.45. The van der Waals surface area contributed by atoms with Gasteiger partial charge in [0.15, 0.2) is 0 Å². The number of benzene rings is 2. The first kappa shape index (κ1) is 40.6. The highest BCUT2D eigenvalue weighted by atomic mass is 16.2. The van der Waals surface area contributed by atoms with Gasteiger partial charge >= 0.3 is 0 Å². The van der Waals surface area contributed by atoms with E-state index in [1.54, 1.807) is 12.1 Å². The largest absolute Gasteiger partial charge is 0.371 e. The monoisotopic (exact) mass is 826 g/mol. The van der Waals surface area contributed by atoms with E-state index < -0.39 is 23.8 Å². The molecule has 6 aliphatic rings. The van der Waals surface area contributed by atoms with Crippen LogP contribution in [0.25, 0.3) is 0 Å². The van der Waals surface area contributed by atoms with Gasteiger partial charge in [0, 0.05) is 101 Å². The predicted octanol–water partition coefficient (Wildman–Crippen LogP) is 3.63. The Labute approximate surface area is 356 Å². The fourth-order valence-electron chi connectivity index (χ4n) is 10.3. The molecule has 5 amide bonds. The summed E-state index contributed by atoms with van der Waals surface area (Å²) in [5, 5.41) is 14.6. The van der Waals surface area contributed by atoms with Crippen LogP contribution < -0.4 is 25.3 Å². The number of carbonyl (C=O) groups is 5. The number of rotatable bonds is 9. The fourth-order valence-corrected chi connectivity index (χ4v) is 10.3. The molecule has 6 aliphatic heterocycles. The summed E-state index contributed by atoms with van der Waals surface area (Å²) in [4.78, 5) is 81.5. The molecule has 1 unspecified atom stereocenters. The second kappa shape index (κ2) is 16.9. The quantitative estimate of drug-likeness (QED) is 0.302. The van der Waals surface area contributed by atoms with E-state index in [9.17, 15) is 29.2 Å². The maximum atomic E-state index is 13.3. The van der Waals surface area contributed by atoms with Crippen molar-refractivity contribution in [2.45, 2.75) is 70.5 Å². The number of piperazine rings is 1. The van der Waals surface area contributed by atoms with Crippen molar-refractivity contribution in [3.8, 4) is 6.07 Å². The summed E-state index contributed by atoms with van der Waals surface area (Å²) in [6.07, 6.45) is 5.94. The van der Waals surface area contributed by atoms with E-state index in [-0.39, 0.29) is 30.6 Å². The molecule has 61 heavy (non-hydrogen) atoms. The topological polar surface area (TPSA) is 166 Å². The van der Waals surface area contributed by atoms with Crippen molar-refractivity contribution in [1.82, 2.24) is 25.0 Å². The molecule has 0 bridgehead atoms.